The van der Waals surface area contributed by atoms with Crippen LogP contribution in [0.5, 0.6) is 11.5 Å². The van der Waals surface area contributed by atoms with Crippen LogP contribution in [-0.2, 0) is 6.98 Å². The van der Waals surface area contributed by atoms with Gasteiger partial charge in [-0.15, -0.1) is 0 Å². The van der Waals surface area contributed by atoms with Crippen LogP contribution in [0.15, 0.2) is 206 Å². The molecule has 13 rings (SSSR count). The number of nitrogens with zero attached hydrogens (tertiary/aromatic N) is 6. The number of aryl methyl sites for hydroxylation is 1. The third-order valence-corrected chi connectivity index (χ3v) is 12.5. The van der Waals surface area contributed by atoms with Gasteiger partial charge in [0.05, 0.1) is 44.7 Å². The molecule has 0 unspecified atom stereocenters. The van der Waals surface area contributed by atoms with Gasteiger partial charge < -0.3 is 23.7 Å². The zero-order valence-corrected chi connectivity index (χ0v) is 33.8. The number of pyridine rings is 1. The Morgan fingerprint density at radius 3 is 1.92 bits per heavy atom. The lowest BCUT2D eigenvalue weighted by molar-refractivity contribution is -0.649. The number of benzene rings is 8. The lowest BCUT2D eigenvalue weighted by Crippen LogP contribution is -2.61. The molecule has 2 aliphatic heterocycles. The van der Waals surface area contributed by atoms with E-state index < -0.39 is 6.98 Å². The number of rotatable bonds is 6. The second-order valence-corrected chi connectivity index (χ2v) is 16.0. The van der Waals surface area contributed by atoms with Gasteiger partial charge in [-0.3, -0.25) is 4.57 Å². The van der Waals surface area contributed by atoms with Crippen LogP contribution in [0, 0.1) is 6.33 Å². The van der Waals surface area contributed by atoms with Crippen molar-refractivity contribution in [2.24, 2.45) is 6.98 Å². The van der Waals surface area contributed by atoms with Gasteiger partial charge in [0.2, 0.25) is 6.33 Å². The third-order valence-electron chi connectivity index (χ3n) is 12.5. The van der Waals surface area contributed by atoms with Crippen molar-refractivity contribution >= 4 is 90.2 Å². The van der Waals surface area contributed by atoms with Crippen LogP contribution in [0.25, 0.3) is 44.3 Å². The molecule has 3 aromatic heterocycles. The molecule has 0 bridgehead atoms. The Hall–Kier alpha value is -8.36. The molecule has 8 heteroatoms. The van der Waals surface area contributed by atoms with Crippen molar-refractivity contribution in [3.63, 3.8) is 0 Å². The van der Waals surface area contributed by atoms with Crippen LogP contribution < -0.4 is 35.5 Å². The molecule has 0 amide bonds. The minimum Gasteiger partial charge on any atom is -0.458 e. The van der Waals surface area contributed by atoms with Gasteiger partial charge in [0, 0.05) is 51.5 Å². The van der Waals surface area contributed by atoms with Crippen molar-refractivity contribution in [2.45, 2.75) is 0 Å². The van der Waals surface area contributed by atoms with E-state index in [-0.39, 0.29) is 6.71 Å². The normalized spacial score (nSPS) is 13.7. The number of hydrogen-bond donors (Lipinski definition) is 0. The summed E-state index contributed by atoms with van der Waals surface area (Å²) >= 11 is 0. The minimum absolute atomic E-state index is 0.0324. The van der Waals surface area contributed by atoms with Gasteiger partial charge in [0.1, 0.15) is 17.1 Å². The minimum atomic E-state index is -2.39. The van der Waals surface area contributed by atoms with Gasteiger partial charge in [-0.25, -0.2) is 4.98 Å². The van der Waals surface area contributed by atoms with E-state index in [1.165, 1.54) is 21.0 Å². The van der Waals surface area contributed by atoms with Crippen LogP contribution in [0.2, 0.25) is 0 Å². The molecule has 63 heavy (non-hydrogen) atoms. The van der Waals surface area contributed by atoms with Crippen LogP contribution >= 0.6 is 0 Å². The van der Waals surface area contributed by atoms with Gasteiger partial charge in [-0.1, -0.05) is 115 Å². The van der Waals surface area contributed by atoms with Crippen LogP contribution in [-0.4, -0.2) is 20.8 Å². The number of hydrogen-bond acceptors (Lipinski definition) is 4. The third kappa shape index (κ3) is 5.34. The van der Waals surface area contributed by atoms with E-state index in [0.717, 1.165) is 73.0 Å². The topological polar surface area (TPSA) is 42.3 Å². The number of imidazole rings is 1. The predicted molar refractivity (Wildman–Crippen MR) is 256 cm³/mol. The van der Waals surface area contributed by atoms with Crippen molar-refractivity contribution < 1.29 is 13.4 Å². The Bertz CT molecular complexity index is 3710. The van der Waals surface area contributed by atoms with Gasteiger partial charge in [-0.2, -0.15) is 0 Å². The molecule has 7 nitrogen and oxygen atoms in total. The first kappa shape index (κ1) is 32.4. The summed E-state index contributed by atoms with van der Waals surface area (Å²) < 4.78 is 36.4. The summed E-state index contributed by atoms with van der Waals surface area (Å²) in [5.74, 6) is 1.23. The first-order valence-electron chi connectivity index (χ1n) is 22.6. The summed E-state index contributed by atoms with van der Waals surface area (Å²) in [7, 11) is 0. The van der Waals surface area contributed by atoms with E-state index in [1.807, 2.05) is 66.9 Å². The summed E-state index contributed by atoms with van der Waals surface area (Å²) in [6.45, 7) is -2.43. The van der Waals surface area contributed by atoms with Crippen molar-refractivity contribution in [3.05, 3.63) is 213 Å². The molecule has 0 saturated carbocycles. The Kier molecular flexibility index (Phi) is 7.12. The lowest BCUT2D eigenvalue weighted by atomic mass is 9.33. The predicted octanol–water partition coefficient (Wildman–Crippen LogP) is 10.6. The molecule has 0 fully saturated rings. The highest BCUT2D eigenvalue weighted by atomic mass is 16.5. The Labute approximate surface area is 368 Å². The summed E-state index contributed by atoms with van der Waals surface area (Å²) in [6, 6.07) is 68.8. The van der Waals surface area contributed by atoms with Crippen molar-refractivity contribution in [1.29, 1.82) is 0 Å². The Morgan fingerprint density at radius 2 is 1.17 bits per heavy atom. The van der Waals surface area contributed by atoms with Gasteiger partial charge >= 0.3 is 0 Å². The van der Waals surface area contributed by atoms with Gasteiger partial charge in [0.25, 0.3) is 6.71 Å². The molecule has 0 aliphatic carbocycles. The maximum absolute atomic E-state index is 8.15. The zero-order valence-electron chi connectivity index (χ0n) is 36.8. The van der Waals surface area contributed by atoms with E-state index in [1.54, 1.807) is 10.6 Å². The first-order valence-corrected chi connectivity index (χ1v) is 21.1. The molecular formula is C55H37BN6O. The Balaban J connectivity index is 1.03. The number of ether oxygens (including phenoxy) is 1. The number of aromatic nitrogens is 4. The number of anilines is 6. The summed E-state index contributed by atoms with van der Waals surface area (Å²) in [4.78, 5) is 10.0. The SMILES string of the molecule is [2H]C([2H])([2H])[n+]1[c-]n(-c2cccc(Oc3cccc(-n4c5cc6c7c(c5c5cccnc54)N(c4ccccc4)c4ccccc4B7c4ccccc4N6c4ccccc4)c3)c2)c2ccccc21. The standard InChI is InChI=1S/C55H37BN6O/c1-58-36-59(49-31-13-12-30-48(49)58)39-21-14-23-41(33-39)63-42-24-15-22-40(34-42)62-50-35-51-53-54(52(50)43-25-16-32-57-55(43)62)61(38-19-6-3-7-20-38)47-29-11-9-27-45(47)56(53)44-26-8-10-28-46(44)60(51)37-17-4-2-5-18-37/h2-35H,1H3/i1D3. The molecule has 2 aliphatic rings. The second-order valence-electron chi connectivity index (χ2n) is 16.0. The fourth-order valence-corrected chi connectivity index (χ4v) is 10.0. The van der Waals surface area contributed by atoms with Gasteiger partial charge in [0.15, 0.2) is 0 Å². The monoisotopic (exact) mass is 811 g/mol. The highest BCUT2D eigenvalue weighted by Gasteiger charge is 2.44. The summed E-state index contributed by atoms with van der Waals surface area (Å²) in [5.41, 5.74) is 15.2. The van der Waals surface area contributed by atoms with Crippen LogP contribution in [0.3, 0.4) is 0 Å². The summed E-state index contributed by atoms with van der Waals surface area (Å²) in [5, 5.41) is 2.15. The van der Waals surface area contributed by atoms with Crippen molar-refractivity contribution in [3.8, 4) is 22.9 Å². The smallest absolute Gasteiger partial charge is 0.252 e. The van der Waals surface area contributed by atoms with Crippen LogP contribution in [0.1, 0.15) is 4.11 Å². The highest BCUT2D eigenvalue weighted by Crippen LogP contribution is 2.49. The highest BCUT2D eigenvalue weighted by molar-refractivity contribution is 7.00. The van der Waals surface area contributed by atoms with Crippen LogP contribution in [0.4, 0.5) is 34.1 Å². The molecule has 0 spiro atoms. The molecular weight excluding hydrogens is 771 g/mol. The average Bonchev–Trinajstić information content (AvgIpc) is 3.92. The Morgan fingerprint density at radius 1 is 0.556 bits per heavy atom. The lowest BCUT2D eigenvalue weighted by Gasteiger charge is -2.44. The number of fused-ring (bicyclic) bond motifs is 9. The van der Waals surface area contributed by atoms with E-state index in [9.17, 15) is 0 Å². The van der Waals surface area contributed by atoms with Gasteiger partial charge in [-0.05, 0) is 95.3 Å². The second kappa shape index (κ2) is 13.8. The van der Waals surface area contributed by atoms with Crippen molar-refractivity contribution in [1.82, 2.24) is 14.1 Å². The molecule has 296 valence electrons. The van der Waals surface area contributed by atoms with E-state index in [4.69, 9.17) is 13.8 Å². The van der Waals surface area contributed by atoms with E-state index in [0.29, 0.717) is 17.0 Å². The van der Waals surface area contributed by atoms with E-state index in [2.05, 4.69) is 154 Å². The molecule has 0 N–H and O–H groups in total. The first-order chi connectivity index (χ1) is 32.4. The largest absolute Gasteiger partial charge is 0.458 e. The number of para-hydroxylation sites is 6. The molecule has 11 aromatic rings. The fourth-order valence-electron chi connectivity index (χ4n) is 10.0. The molecule has 0 atom stereocenters. The summed E-state index contributed by atoms with van der Waals surface area (Å²) in [6.07, 6.45) is 4.94. The quantitative estimate of drug-likeness (QED) is 0.0953. The molecule has 5 heterocycles. The maximum atomic E-state index is 8.15. The zero-order chi connectivity index (χ0) is 44.1. The average molecular weight is 812 g/mol. The van der Waals surface area contributed by atoms with Crippen molar-refractivity contribution in [2.75, 3.05) is 9.80 Å². The fraction of sp³-hybridized carbons (Fsp3) is 0.0182. The van der Waals surface area contributed by atoms with E-state index >= 15 is 0 Å². The molecule has 0 saturated heterocycles. The molecule has 0 radical (unpaired) electrons. The maximum Gasteiger partial charge on any atom is 0.252 e. The molecule has 8 aromatic carbocycles.